The SMILES string of the molecule is B.C1=CC=CNC=C1.F.c1ccc2ncccc2c1. The van der Waals surface area contributed by atoms with Crippen molar-refractivity contribution in [2.75, 3.05) is 0 Å². The minimum absolute atomic E-state index is 0. The lowest BCUT2D eigenvalue weighted by atomic mass is 10.2. The molecular formula is C15H18BFN2. The third-order valence-corrected chi connectivity index (χ3v) is 2.23. The van der Waals surface area contributed by atoms with Crippen LogP contribution in [0.3, 0.4) is 0 Å². The number of benzene rings is 1. The second kappa shape index (κ2) is 9.65. The highest BCUT2D eigenvalue weighted by molar-refractivity contribution is 5.77. The normalized spacial score (nSPS) is 11.2. The van der Waals surface area contributed by atoms with E-state index < -0.39 is 0 Å². The molecule has 0 atom stereocenters. The summed E-state index contributed by atoms with van der Waals surface area (Å²) in [6.45, 7) is 0. The molecule has 0 bridgehead atoms. The Hall–Kier alpha value is -2.36. The van der Waals surface area contributed by atoms with Crippen molar-refractivity contribution in [3.05, 3.63) is 79.3 Å². The van der Waals surface area contributed by atoms with E-state index in [1.54, 1.807) is 0 Å². The van der Waals surface area contributed by atoms with Gasteiger partial charge >= 0.3 is 0 Å². The summed E-state index contributed by atoms with van der Waals surface area (Å²) in [4.78, 5) is 4.18. The maximum atomic E-state index is 4.18. The number of nitrogens with zero attached hydrogens (tertiary/aromatic N) is 1. The quantitative estimate of drug-likeness (QED) is 0.732. The van der Waals surface area contributed by atoms with Crippen molar-refractivity contribution in [3.8, 4) is 0 Å². The summed E-state index contributed by atoms with van der Waals surface area (Å²) in [5.41, 5.74) is 1.06. The lowest BCUT2D eigenvalue weighted by Gasteiger charge is -1.91. The summed E-state index contributed by atoms with van der Waals surface area (Å²) in [6, 6.07) is 12.1. The zero-order valence-corrected chi connectivity index (χ0v) is 9.86. The van der Waals surface area contributed by atoms with Crippen LogP contribution in [-0.2, 0) is 0 Å². The van der Waals surface area contributed by atoms with E-state index in [4.69, 9.17) is 0 Å². The molecule has 2 aromatic rings. The van der Waals surface area contributed by atoms with E-state index in [-0.39, 0.29) is 13.1 Å². The maximum absolute atomic E-state index is 4.18. The molecule has 3 rings (SSSR count). The van der Waals surface area contributed by atoms with Crippen molar-refractivity contribution < 1.29 is 4.70 Å². The van der Waals surface area contributed by atoms with Gasteiger partial charge in [-0.3, -0.25) is 9.69 Å². The maximum Gasteiger partial charge on any atom is 0.0814 e. The van der Waals surface area contributed by atoms with Gasteiger partial charge in [-0.1, -0.05) is 36.4 Å². The molecule has 0 fully saturated rings. The Morgan fingerprint density at radius 2 is 1.42 bits per heavy atom. The number of hydrogen-bond donors (Lipinski definition) is 1. The van der Waals surface area contributed by atoms with Crippen molar-refractivity contribution in [1.29, 1.82) is 0 Å². The molecule has 2 nitrogen and oxygen atoms in total. The number of nitrogens with one attached hydrogen (secondary N) is 1. The van der Waals surface area contributed by atoms with E-state index in [1.807, 2.05) is 67.2 Å². The van der Waals surface area contributed by atoms with Gasteiger partial charge in [0.05, 0.1) is 13.9 Å². The van der Waals surface area contributed by atoms with Gasteiger partial charge in [-0.05, 0) is 24.3 Å². The molecule has 1 N–H and O–H groups in total. The second-order valence-electron chi connectivity index (χ2n) is 3.47. The Morgan fingerprint density at radius 1 is 0.789 bits per heavy atom. The first-order valence-electron chi connectivity index (χ1n) is 5.51. The van der Waals surface area contributed by atoms with E-state index >= 15 is 0 Å². The zero-order chi connectivity index (χ0) is 11.8. The van der Waals surface area contributed by atoms with Crippen LogP contribution >= 0.6 is 0 Å². The van der Waals surface area contributed by atoms with E-state index in [0.29, 0.717) is 0 Å². The first-order valence-corrected chi connectivity index (χ1v) is 5.51. The van der Waals surface area contributed by atoms with Crippen LogP contribution in [0.2, 0.25) is 0 Å². The van der Waals surface area contributed by atoms with Gasteiger partial charge in [0.25, 0.3) is 0 Å². The Kier molecular flexibility index (Phi) is 8.46. The first-order chi connectivity index (χ1) is 8.47. The number of rotatable bonds is 0. The van der Waals surface area contributed by atoms with Crippen molar-refractivity contribution in [3.63, 3.8) is 0 Å². The summed E-state index contributed by atoms with van der Waals surface area (Å²) in [5.74, 6) is 0. The summed E-state index contributed by atoms with van der Waals surface area (Å²) in [6.07, 6.45) is 13.4. The zero-order valence-electron chi connectivity index (χ0n) is 9.86. The van der Waals surface area contributed by atoms with E-state index in [1.165, 1.54) is 5.39 Å². The van der Waals surface area contributed by atoms with Gasteiger partial charge in [-0.25, -0.2) is 0 Å². The Labute approximate surface area is 114 Å². The van der Waals surface area contributed by atoms with Gasteiger partial charge < -0.3 is 5.32 Å². The fourth-order valence-electron chi connectivity index (χ4n) is 1.42. The smallest absolute Gasteiger partial charge is 0.0814 e. The largest absolute Gasteiger partial charge is 0.368 e. The fourth-order valence-corrected chi connectivity index (χ4v) is 1.42. The molecule has 0 amide bonds. The molecule has 0 saturated heterocycles. The van der Waals surface area contributed by atoms with Crippen molar-refractivity contribution in [2.45, 2.75) is 0 Å². The number of hydrogen-bond acceptors (Lipinski definition) is 2. The van der Waals surface area contributed by atoms with Crippen LogP contribution in [0.1, 0.15) is 0 Å². The van der Waals surface area contributed by atoms with Crippen LogP contribution in [0, 0.1) is 0 Å². The molecular weight excluding hydrogens is 238 g/mol. The van der Waals surface area contributed by atoms with Gasteiger partial charge in [0, 0.05) is 24.0 Å². The summed E-state index contributed by atoms with van der Waals surface area (Å²) >= 11 is 0. The summed E-state index contributed by atoms with van der Waals surface area (Å²) < 4.78 is 0. The highest BCUT2D eigenvalue weighted by Gasteiger charge is 1.86. The molecule has 1 aliphatic heterocycles. The third kappa shape index (κ3) is 5.68. The highest BCUT2D eigenvalue weighted by Crippen LogP contribution is 2.07. The molecule has 4 heteroatoms. The number of allylic oxidation sites excluding steroid dienone is 4. The first kappa shape index (κ1) is 16.6. The topological polar surface area (TPSA) is 24.9 Å². The minimum Gasteiger partial charge on any atom is -0.368 e. The minimum atomic E-state index is 0. The van der Waals surface area contributed by atoms with Crippen LogP contribution in [0.15, 0.2) is 79.3 Å². The Bertz CT molecular complexity index is 485. The predicted molar refractivity (Wildman–Crippen MR) is 84.7 cm³/mol. The van der Waals surface area contributed by atoms with Crippen LogP contribution in [-0.4, -0.2) is 13.4 Å². The number of aromatic nitrogens is 1. The Morgan fingerprint density at radius 3 is 2.11 bits per heavy atom. The van der Waals surface area contributed by atoms with Crippen LogP contribution < -0.4 is 5.32 Å². The van der Waals surface area contributed by atoms with Gasteiger partial charge in [0.15, 0.2) is 0 Å². The lowest BCUT2D eigenvalue weighted by molar-refractivity contribution is 1.11. The van der Waals surface area contributed by atoms with Crippen molar-refractivity contribution in [1.82, 2.24) is 10.3 Å². The molecule has 0 aliphatic carbocycles. The van der Waals surface area contributed by atoms with Crippen molar-refractivity contribution in [2.24, 2.45) is 0 Å². The number of halogens is 1. The van der Waals surface area contributed by atoms with E-state index in [9.17, 15) is 0 Å². The van der Waals surface area contributed by atoms with Crippen LogP contribution in [0.25, 0.3) is 10.9 Å². The van der Waals surface area contributed by atoms with E-state index in [0.717, 1.165) is 5.52 Å². The number of para-hydroxylation sites is 1. The van der Waals surface area contributed by atoms with Crippen molar-refractivity contribution >= 4 is 19.3 Å². The van der Waals surface area contributed by atoms with Gasteiger partial charge in [-0.15, -0.1) is 0 Å². The van der Waals surface area contributed by atoms with Gasteiger partial charge in [-0.2, -0.15) is 0 Å². The molecule has 0 unspecified atom stereocenters. The fraction of sp³-hybridized carbons (Fsp3) is 0. The van der Waals surface area contributed by atoms with Crippen LogP contribution in [0.4, 0.5) is 4.70 Å². The van der Waals surface area contributed by atoms with E-state index in [2.05, 4.69) is 22.4 Å². The molecule has 1 aromatic heterocycles. The molecule has 98 valence electrons. The number of pyridine rings is 1. The third-order valence-electron chi connectivity index (χ3n) is 2.23. The number of fused-ring (bicyclic) bond motifs is 1. The average molecular weight is 256 g/mol. The molecule has 0 saturated carbocycles. The summed E-state index contributed by atoms with van der Waals surface area (Å²) in [7, 11) is 0. The lowest BCUT2D eigenvalue weighted by Crippen LogP contribution is -1.87. The Balaban J connectivity index is 0.000000325. The molecule has 1 aliphatic rings. The monoisotopic (exact) mass is 256 g/mol. The van der Waals surface area contributed by atoms with Crippen LogP contribution in [0.5, 0.6) is 0 Å². The highest BCUT2D eigenvalue weighted by atomic mass is 19.0. The molecule has 2 heterocycles. The standard InChI is InChI=1S/C9H7N.C6H7N.BH3.FH/c1-2-6-9-8(4-1)5-3-7-10-9;1-2-4-6-7-5-3-1;;/h1-7H;1-7H;1H3;1H. The molecule has 1 aromatic carbocycles. The predicted octanol–water partition coefficient (Wildman–Crippen LogP) is 2.38. The second-order valence-corrected chi connectivity index (χ2v) is 3.47. The average Bonchev–Trinajstić information content (AvgIpc) is 2.72. The molecule has 0 spiro atoms. The summed E-state index contributed by atoms with van der Waals surface area (Å²) in [5, 5.41) is 4.12. The molecule has 0 radical (unpaired) electrons. The van der Waals surface area contributed by atoms with Gasteiger partial charge in [0.1, 0.15) is 0 Å². The molecule has 19 heavy (non-hydrogen) atoms. The van der Waals surface area contributed by atoms with Gasteiger partial charge in [0.2, 0.25) is 0 Å².